The van der Waals surface area contributed by atoms with Crippen LogP contribution in [0.5, 0.6) is 0 Å². The van der Waals surface area contributed by atoms with Gasteiger partial charge in [0.05, 0.1) is 15.6 Å². The Morgan fingerprint density at radius 2 is 2.05 bits per heavy atom. The molecule has 2 N–H and O–H groups in total. The third-order valence-corrected chi connectivity index (χ3v) is 4.36. The van der Waals surface area contributed by atoms with E-state index in [-0.39, 0.29) is 22.5 Å². The second-order valence-corrected chi connectivity index (χ2v) is 5.86. The summed E-state index contributed by atoms with van der Waals surface area (Å²) in [4.78, 5) is 12.0. The number of hydrogen-bond donors (Lipinski definition) is 2. The molecule has 0 spiro atoms. The van der Waals surface area contributed by atoms with Crippen LogP contribution in [0, 0.1) is 5.82 Å². The summed E-state index contributed by atoms with van der Waals surface area (Å²) in [6.07, 6.45) is 4.51. The first kappa shape index (κ1) is 14.5. The summed E-state index contributed by atoms with van der Waals surface area (Å²) < 4.78 is 13.5. The van der Waals surface area contributed by atoms with Gasteiger partial charge >= 0.3 is 0 Å². The zero-order chi connectivity index (χ0) is 13.9. The predicted octanol–water partition coefficient (Wildman–Crippen LogP) is 3.01. The molecule has 5 heteroatoms. The Kier molecular flexibility index (Phi) is 4.58. The summed E-state index contributed by atoms with van der Waals surface area (Å²) in [5, 5.41) is 13.0. The average molecular weight is 330 g/mol. The van der Waals surface area contributed by atoms with Gasteiger partial charge in [-0.2, -0.15) is 0 Å². The molecule has 1 aromatic carbocycles. The fourth-order valence-corrected chi connectivity index (χ4v) is 2.85. The number of benzene rings is 1. The lowest BCUT2D eigenvalue weighted by atomic mass is 9.85. The highest BCUT2D eigenvalue weighted by molar-refractivity contribution is 9.10. The van der Waals surface area contributed by atoms with Crippen molar-refractivity contribution in [3.63, 3.8) is 0 Å². The van der Waals surface area contributed by atoms with Crippen molar-refractivity contribution >= 4 is 21.8 Å². The molecule has 2 rings (SSSR count). The fraction of sp³-hybridized carbons (Fsp3) is 0.500. The number of halogens is 2. The van der Waals surface area contributed by atoms with Crippen LogP contribution in [0.2, 0.25) is 0 Å². The van der Waals surface area contributed by atoms with Gasteiger partial charge in [0.2, 0.25) is 0 Å². The minimum Gasteiger partial charge on any atom is -0.388 e. The first-order chi connectivity index (χ1) is 9.02. The summed E-state index contributed by atoms with van der Waals surface area (Å²) in [7, 11) is 0. The Labute approximate surface area is 120 Å². The third-order valence-electron chi connectivity index (χ3n) is 3.56. The molecule has 3 nitrogen and oxygen atoms in total. The average Bonchev–Trinajstić information content (AvgIpc) is 2.40. The highest BCUT2D eigenvalue weighted by Gasteiger charge is 2.29. The Morgan fingerprint density at radius 3 is 2.74 bits per heavy atom. The van der Waals surface area contributed by atoms with Crippen molar-refractivity contribution < 1.29 is 14.3 Å². The van der Waals surface area contributed by atoms with Crippen LogP contribution in [-0.4, -0.2) is 23.2 Å². The topological polar surface area (TPSA) is 49.3 Å². The van der Waals surface area contributed by atoms with Crippen LogP contribution in [0.15, 0.2) is 22.7 Å². The Morgan fingerprint density at radius 1 is 1.37 bits per heavy atom. The second kappa shape index (κ2) is 6.01. The maximum Gasteiger partial charge on any atom is 0.252 e. The van der Waals surface area contributed by atoms with Crippen LogP contribution < -0.4 is 5.32 Å². The molecule has 0 saturated heterocycles. The smallest absolute Gasteiger partial charge is 0.252 e. The molecule has 104 valence electrons. The van der Waals surface area contributed by atoms with Gasteiger partial charge in [-0.3, -0.25) is 4.79 Å². The molecular weight excluding hydrogens is 313 g/mol. The molecule has 0 bridgehead atoms. The maximum atomic E-state index is 13.3. The van der Waals surface area contributed by atoms with Crippen molar-refractivity contribution in [3.8, 4) is 0 Å². The van der Waals surface area contributed by atoms with Gasteiger partial charge in [-0.05, 0) is 40.9 Å². The van der Waals surface area contributed by atoms with Crippen LogP contribution in [0.3, 0.4) is 0 Å². The molecule has 1 amide bonds. The Hall–Kier alpha value is -0.940. The Balaban J connectivity index is 1.99. The SMILES string of the molecule is O=C(NCC1(O)CCCCC1)c1cccc(F)c1Br. The maximum absolute atomic E-state index is 13.3. The van der Waals surface area contributed by atoms with Gasteiger partial charge in [-0.15, -0.1) is 0 Å². The number of amides is 1. The van der Waals surface area contributed by atoms with E-state index in [9.17, 15) is 14.3 Å². The van der Waals surface area contributed by atoms with Gasteiger partial charge in [0.25, 0.3) is 5.91 Å². The van der Waals surface area contributed by atoms with Crippen LogP contribution >= 0.6 is 15.9 Å². The molecule has 1 aliphatic carbocycles. The van der Waals surface area contributed by atoms with E-state index in [0.717, 1.165) is 19.3 Å². The molecule has 0 aliphatic heterocycles. The third kappa shape index (κ3) is 3.54. The highest BCUT2D eigenvalue weighted by Crippen LogP contribution is 2.27. The largest absolute Gasteiger partial charge is 0.388 e. The summed E-state index contributed by atoms with van der Waals surface area (Å²) >= 11 is 3.06. The van der Waals surface area contributed by atoms with Gasteiger partial charge < -0.3 is 10.4 Å². The molecule has 1 saturated carbocycles. The number of aliphatic hydroxyl groups is 1. The zero-order valence-electron chi connectivity index (χ0n) is 10.6. The van der Waals surface area contributed by atoms with Gasteiger partial charge in [-0.1, -0.05) is 25.3 Å². The van der Waals surface area contributed by atoms with E-state index < -0.39 is 11.4 Å². The van der Waals surface area contributed by atoms with E-state index in [4.69, 9.17) is 0 Å². The second-order valence-electron chi connectivity index (χ2n) is 5.07. The first-order valence-electron chi connectivity index (χ1n) is 6.46. The van der Waals surface area contributed by atoms with Crippen molar-refractivity contribution in [2.24, 2.45) is 0 Å². The van der Waals surface area contributed by atoms with E-state index in [2.05, 4.69) is 21.2 Å². The fourth-order valence-electron chi connectivity index (χ4n) is 2.41. The molecule has 0 atom stereocenters. The molecule has 0 unspecified atom stereocenters. The standard InChI is InChI=1S/C14H17BrFNO2/c15-12-10(5-4-6-11(12)16)13(18)17-9-14(19)7-2-1-3-8-14/h4-6,19H,1-3,7-9H2,(H,17,18). The monoisotopic (exact) mass is 329 g/mol. The van der Waals surface area contributed by atoms with Crippen molar-refractivity contribution in [2.75, 3.05) is 6.54 Å². The van der Waals surface area contributed by atoms with Gasteiger partial charge in [0.15, 0.2) is 0 Å². The normalized spacial score (nSPS) is 18.1. The lowest BCUT2D eigenvalue weighted by Gasteiger charge is -2.32. The van der Waals surface area contributed by atoms with Crippen molar-refractivity contribution in [1.29, 1.82) is 0 Å². The number of carbonyl (C=O) groups excluding carboxylic acids is 1. The summed E-state index contributed by atoms with van der Waals surface area (Å²) in [6.45, 7) is 0.217. The van der Waals surface area contributed by atoms with Crippen molar-refractivity contribution in [2.45, 2.75) is 37.7 Å². The molecule has 1 aromatic rings. The predicted molar refractivity (Wildman–Crippen MR) is 74.5 cm³/mol. The molecule has 1 aliphatic rings. The zero-order valence-corrected chi connectivity index (χ0v) is 12.2. The molecule has 19 heavy (non-hydrogen) atoms. The van der Waals surface area contributed by atoms with E-state index in [1.54, 1.807) is 6.07 Å². The highest BCUT2D eigenvalue weighted by atomic mass is 79.9. The first-order valence-corrected chi connectivity index (χ1v) is 7.26. The molecule has 0 heterocycles. The van der Waals surface area contributed by atoms with E-state index in [1.807, 2.05) is 0 Å². The van der Waals surface area contributed by atoms with Crippen molar-refractivity contribution in [3.05, 3.63) is 34.1 Å². The molecule has 0 radical (unpaired) electrons. The van der Waals surface area contributed by atoms with E-state index >= 15 is 0 Å². The van der Waals surface area contributed by atoms with Crippen LogP contribution in [0.1, 0.15) is 42.5 Å². The van der Waals surface area contributed by atoms with E-state index in [1.165, 1.54) is 12.1 Å². The molecule has 1 fully saturated rings. The summed E-state index contributed by atoms with van der Waals surface area (Å²) in [5.41, 5.74) is -0.562. The van der Waals surface area contributed by atoms with Crippen molar-refractivity contribution in [1.82, 2.24) is 5.32 Å². The minimum atomic E-state index is -0.812. The van der Waals surface area contributed by atoms with E-state index in [0.29, 0.717) is 12.8 Å². The number of rotatable bonds is 3. The number of nitrogens with one attached hydrogen (secondary N) is 1. The van der Waals surface area contributed by atoms with Gasteiger partial charge in [0.1, 0.15) is 5.82 Å². The number of carbonyl (C=O) groups is 1. The van der Waals surface area contributed by atoms with Crippen LogP contribution in [0.4, 0.5) is 4.39 Å². The lowest BCUT2D eigenvalue weighted by molar-refractivity contribution is 0.00525. The van der Waals surface area contributed by atoms with Gasteiger partial charge in [-0.25, -0.2) is 4.39 Å². The summed E-state index contributed by atoms with van der Waals surface area (Å²) in [6, 6.07) is 4.33. The minimum absolute atomic E-state index is 0.156. The van der Waals surface area contributed by atoms with Crippen LogP contribution in [0.25, 0.3) is 0 Å². The van der Waals surface area contributed by atoms with Crippen LogP contribution in [-0.2, 0) is 0 Å². The van der Waals surface area contributed by atoms with Gasteiger partial charge in [0, 0.05) is 6.54 Å². The quantitative estimate of drug-likeness (QED) is 0.895. The lowest BCUT2D eigenvalue weighted by Crippen LogP contribution is -2.44. The summed E-state index contributed by atoms with van der Waals surface area (Å²) in [5.74, 6) is -0.839. The number of hydrogen-bond acceptors (Lipinski definition) is 2. The molecule has 0 aromatic heterocycles. The Bertz CT molecular complexity index is 473. The molecular formula is C14H17BrFNO2.